The highest BCUT2D eigenvalue weighted by Gasteiger charge is 2.44. The number of carbonyl (C=O) groups excluding carboxylic acids is 1. The van der Waals surface area contributed by atoms with Crippen LogP contribution in [0.4, 0.5) is 14.5 Å². The number of nitrogens with one attached hydrogen (secondary N) is 1. The fourth-order valence-electron chi connectivity index (χ4n) is 3.77. The number of methoxy groups -OCH3 is 1. The molecule has 2 atom stereocenters. The van der Waals surface area contributed by atoms with Crippen LogP contribution in [0, 0.1) is 11.6 Å². The van der Waals surface area contributed by atoms with Crippen LogP contribution in [-0.2, 0) is 10.3 Å². The predicted octanol–water partition coefficient (Wildman–Crippen LogP) is 3.48. The van der Waals surface area contributed by atoms with Crippen LogP contribution in [0.5, 0.6) is 5.88 Å². The molecule has 1 amide bonds. The Morgan fingerprint density at radius 2 is 2.03 bits per heavy atom. The van der Waals surface area contributed by atoms with Crippen LogP contribution in [0.3, 0.4) is 0 Å². The highest BCUT2D eigenvalue weighted by Crippen LogP contribution is 2.46. The van der Waals surface area contributed by atoms with Crippen LogP contribution in [0.2, 0.25) is 0 Å². The summed E-state index contributed by atoms with van der Waals surface area (Å²) in [4.78, 5) is 24.9. The third kappa shape index (κ3) is 5.16. The fourth-order valence-corrected chi connectivity index (χ4v) is 5.05. The summed E-state index contributed by atoms with van der Waals surface area (Å²) in [7, 11) is 1.56. The third-order valence-corrected chi connectivity index (χ3v) is 5.95. The summed E-state index contributed by atoms with van der Waals surface area (Å²) in [5.74, 6) is -2.52. The van der Waals surface area contributed by atoms with Gasteiger partial charge in [0, 0.05) is 29.2 Å². The summed E-state index contributed by atoms with van der Waals surface area (Å²) in [5, 5.41) is 2.78. The van der Waals surface area contributed by atoms with E-state index in [4.69, 9.17) is 15.2 Å². The Kier molecular flexibility index (Phi) is 6.99. The van der Waals surface area contributed by atoms with Gasteiger partial charge in [0.05, 0.1) is 31.1 Å². The number of aromatic nitrogens is 2. The Hall–Kier alpha value is -2.79. The normalized spacial score (nSPS) is 22.9. The number of thioether (sulfide) groups is 1. The van der Waals surface area contributed by atoms with E-state index >= 15 is 0 Å². The summed E-state index contributed by atoms with van der Waals surface area (Å²) >= 11 is 1.33. The van der Waals surface area contributed by atoms with Gasteiger partial charge in [-0.2, -0.15) is 0 Å². The number of aliphatic imine (C=N–C) groups is 1. The maximum atomic E-state index is 14.9. The molecular formula is C21H25F2N5O3S. The van der Waals surface area contributed by atoms with Crippen molar-refractivity contribution in [2.24, 2.45) is 10.7 Å². The molecule has 0 unspecified atom stereocenters. The molecule has 0 aliphatic carbocycles. The van der Waals surface area contributed by atoms with Gasteiger partial charge in [-0.1, -0.05) is 11.8 Å². The molecule has 11 heteroatoms. The average molecular weight is 466 g/mol. The molecule has 0 saturated heterocycles. The minimum atomic E-state index is -1.16. The van der Waals surface area contributed by atoms with Crippen molar-refractivity contribution in [2.45, 2.75) is 37.5 Å². The van der Waals surface area contributed by atoms with E-state index in [1.54, 1.807) is 21.0 Å². The van der Waals surface area contributed by atoms with Crippen LogP contribution in [0.15, 0.2) is 29.5 Å². The van der Waals surface area contributed by atoms with Crippen molar-refractivity contribution in [3.8, 4) is 5.88 Å². The van der Waals surface area contributed by atoms with Crippen molar-refractivity contribution >= 4 is 28.5 Å². The lowest BCUT2D eigenvalue weighted by molar-refractivity contribution is 0.102. The van der Waals surface area contributed by atoms with Crippen LogP contribution in [0.1, 0.15) is 43.2 Å². The van der Waals surface area contributed by atoms with Crippen LogP contribution >= 0.6 is 11.8 Å². The van der Waals surface area contributed by atoms with Gasteiger partial charge in [0.25, 0.3) is 5.91 Å². The molecule has 172 valence electrons. The first kappa shape index (κ1) is 23.9. The lowest BCUT2D eigenvalue weighted by Gasteiger charge is -2.41. The van der Waals surface area contributed by atoms with E-state index in [-0.39, 0.29) is 28.0 Å². The Morgan fingerprint density at radius 1 is 1.28 bits per heavy atom. The molecule has 3 rings (SSSR count). The number of ether oxygens (including phenoxy) is 2. The summed E-state index contributed by atoms with van der Waals surface area (Å²) in [5.41, 5.74) is 4.89. The summed E-state index contributed by atoms with van der Waals surface area (Å²) in [6.45, 7) is 6.15. The van der Waals surface area contributed by atoms with Crippen molar-refractivity contribution in [3.05, 3.63) is 47.4 Å². The quantitative estimate of drug-likeness (QED) is 0.644. The first-order chi connectivity index (χ1) is 15.1. The second kappa shape index (κ2) is 9.37. The van der Waals surface area contributed by atoms with Crippen LogP contribution in [0.25, 0.3) is 0 Å². The van der Waals surface area contributed by atoms with Gasteiger partial charge in [0.15, 0.2) is 16.8 Å². The van der Waals surface area contributed by atoms with Gasteiger partial charge in [-0.05, 0) is 33.3 Å². The van der Waals surface area contributed by atoms with Crippen molar-refractivity contribution in [1.82, 2.24) is 9.97 Å². The predicted molar refractivity (Wildman–Crippen MR) is 119 cm³/mol. The Bertz CT molecular complexity index is 1040. The number of halogens is 2. The van der Waals surface area contributed by atoms with E-state index in [0.29, 0.717) is 19.6 Å². The molecule has 1 aromatic heterocycles. The zero-order valence-corrected chi connectivity index (χ0v) is 19.1. The lowest BCUT2D eigenvalue weighted by atomic mass is 9.83. The van der Waals surface area contributed by atoms with Crippen molar-refractivity contribution in [2.75, 3.05) is 25.6 Å². The molecule has 8 nitrogen and oxygen atoms in total. The zero-order valence-electron chi connectivity index (χ0n) is 18.2. The number of amidine groups is 1. The van der Waals surface area contributed by atoms with E-state index < -0.39 is 27.8 Å². The number of nitrogens with two attached hydrogens (primary N) is 1. The number of hydrogen-bond donors (Lipinski definition) is 2. The average Bonchev–Trinajstić information content (AvgIpc) is 2.70. The minimum Gasteiger partial charge on any atom is -0.477 e. The zero-order chi connectivity index (χ0) is 23.5. The molecule has 0 fully saturated rings. The van der Waals surface area contributed by atoms with Gasteiger partial charge in [-0.3, -0.25) is 9.79 Å². The van der Waals surface area contributed by atoms with E-state index in [9.17, 15) is 13.6 Å². The molecule has 0 saturated carbocycles. The number of nitrogens with zero attached hydrogens (tertiary/aromatic N) is 3. The topological polar surface area (TPSA) is 112 Å². The van der Waals surface area contributed by atoms with E-state index in [2.05, 4.69) is 20.3 Å². The highest BCUT2D eigenvalue weighted by atomic mass is 32.2. The first-order valence-electron chi connectivity index (χ1n) is 9.88. The van der Waals surface area contributed by atoms with Gasteiger partial charge in [0.1, 0.15) is 5.69 Å². The standard InChI is InChI=1S/C21H25F2N5O3S/c1-5-31-16-9-25-15(8-26-16)18(29)27-12-6-13(17(23)14(22)7-12)21(3)10-20(2,11-30-4)32-19(24)28-21/h6-9H,5,10-11H2,1-4H3,(H2,24,28)(H,27,29)/t20-,21+/m1/s1. The highest BCUT2D eigenvalue weighted by molar-refractivity contribution is 8.15. The Labute approximate surface area is 189 Å². The number of carbonyl (C=O) groups is 1. The van der Waals surface area contributed by atoms with Gasteiger partial charge < -0.3 is 20.5 Å². The smallest absolute Gasteiger partial charge is 0.275 e. The molecule has 32 heavy (non-hydrogen) atoms. The SMILES string of the molecule is CCOc1cnc(C(=O)Nc2cc(F)c(F)c([C@]3(C)C[C@](C)(COC)SC(N)=N3)c2)cn1. The molecule has 0 spiro atoms. The second-order valence-corrected chi connectivity index (χ2v) is 9.44. The molecule has 2 heterocycles. The molecule has 1 aromatic carbocycles. The number of benzene rings is 1. The molecule has 1 aliphatic heterocycles. The maximum Gasteiger partial charge on any atom is 0.275 e. The molecule has 3 N–H and O–H groups in total. The monoisotopic (exact) mass is 465 g/mol. The van der Waals surface area contributed by atoms with Crippen molar-refractivity contribution in [3.63, 3.8) is 0 Å². The first-order valence-corrected chi connectivity index (χ1v) is 10.7. The second-order valence-electron chi connectivity index (χ2n) is 7.83. The number of hydrogen-bond acceptors (Lipinski definition) is 8. The summed E-state index contributed by atoms with van der Waals surface area (Å²) < 4.78 is 39.4. The van der Waals surface area contributed by atoms with Crippen molar-refractivity contribution in [1.29, 1.82) is 0 Å². The Balaban J connectivity index is 1.92. The summed E-state index contributed by atoms with van der Waals surface area (Å²) in [6, 6.07) is 2.26. The Morgan fingerprint density at radius 3 is 2.66 bits per heavy atom. The van der Waals surface area contributed by atoms with Crippen molar-refractivity contribution < 1.29 is 23.0 Å². The molecule has 0 bridgehead atoms. The number of rotatable bonds is 7. The molecule has 0 radical (unpaired) electrons. The number of amides is 1. The van der Waals surface area contributed by atoms with E-state index in [1.165, 1.54) is 30.2 Å². The van der Waals surface area contributed by atoms with Crippen LogP contribution < -0.4 is 15.8 Å². The maximum absolute atomic E-state index is 14.9. The van der Waals surface area contributed by atoms with Gasteiger partial charge >= 0.3 is 0 Å². The van der Waals surface area contributed by atoms with Gasteiger partial charge in [-0.25, -0.2) is 18.7 Å². The van der Waals surface area contributed by atoms with E-state index in [1.807, 2.05) is 6.92 Å². The molecule has 1 aliphatic rings. The largest absolute Gasteiger partial charge is 0.477 e. The molecular weight excluding hydrogens is 440 g/mol. The van der Waals surface area contributed by atoms with Gasteiger partial charge in [0.2, 0.25) is 5.88 Å². The summed E-state index contributed by atoms with van der Waals surface area (Å²) in [6.07, 6.45) is 2.89. The third-order valence-electron chi connectivity index (χ3n) is 4.90. The molecule has 2 aromatic rings. The van der Waals surface area contributed by atoms with E-state index in [0.717, 1.165) is 6.07 Å². The lowest BCUT2D eigenvalue weighted by Crippen LogP contribution is -2.43. The minimum absolute atomic E-state index is 0.00468. The number of anilines is 1. The fraction of sp³-hybridized carbons (Fsp3) is 0.429. The van der Waals surface area contributed by atoms with Crippen LogP contribution in [-0.4, -0.2) is 46.1 Å². The van der Waals surface area contributed by atoms with Gasteiger partial charge in [-0.15, -0.1) is 0 Å².